The van der Waals surface area contributed by atoms with Crippen LogP contribution < -0.4 is 9.62 Å². The van der Waals surface area contributed by atoms with Crippen LogP contribution in [-0.2, 0) is 26.2 Å². The van der Waals surface area contributed by atoms with E-state index in [1.807, 2.05) is 37.3 Å². The number of nitro benzene ring substituents is 1. The second-order valence-electron chi connectivity index (χ2n) is 8.82. The van der Waals surface area contributed by atoms with Crippen molar-refractivity contribution in [2.45, 2.75) is 44.2 Å². The average Bonchev–Trinajstić information content (AvgIpc) is 2.95. The SMILES string of the molecule is CCCNC(=O)[C@H](CC)N(Cc1ccccc1)C(=O)CN(c1ccc([N+](=O)[O-])cc1)S(=O)(=O)c1ccccc1. The lowest BCUT2D eigenvalue weighted by molar-refractivity contribution is -0.384. The van der Waals surface area contributed by atoms with E-state index in [-0.39, 0.29) is 28.7 Å². The minimum absolute atomic E-state index is 0.0431. The highest BCUT2D eigenvalue weighted by atomic mass is 32.2. The summed E-state index contributed by atoms with van der Waals surface area (Å²) < 4.78 is 28.4. The largest absolute Gasteiger partial charge is 0.354 e. The molecule has 2 amide bonds. The molecule has 3 aromatic carbocycles. The van der Waals surface area contributed by atoms with Gasteiger partial charge in [-0.3, -0.25) is 24.0 Å². The van der Waals surface area contributed by atoms with E-state index in [0.717, 1.165) is 16.3 Å². The van der Waals surface area contributed by atoms with E-state index in [9.17, 15) is 28.1 Å². The molecule has 0 saturated heterocycles. The summed E-state index contributed by atoms with van der Waals surface area (Å²) in [6.45, 7) is 3.64. The second-order valence-corrected chi connectivity index (χ2v) is 10.7. The number of nitrogens with one attached hydrogen (secondary N) is 1. The Hall–Kier alpha value is -4.25. The molecule has 3 aromatic rings. The van der Waals surface area contributed by atoms with E-state index in [1.165, 1.54) is 41.3 Å². The third kappa shape index (κ3) is 7.41. The highest BCUT2D eigenvalue weighted by Crippen LogP contribution is 2.26. The third-order valence-electron chi connectivity index (χ3n) is 6.09. The number of sulfonamides is 1. The topological polar surface area (TPSA) is 130 Å². The standard InChI is InChI=1S/C28H32N4O6S/c1-3-19-29-28(34)26(4-2)30(20-22-11-7-5-8-12-22)27(33)21-31(23-15-17-24(18-16-23)32(35)36)39(37,38)25-13-9-6-10-14-25/h5-18,26H,3-4,19-21H2,1-2H3,(H,29,34)/t26-/m0/s1. The maximum absolute atomic E-state index is 13.9. The van der Waals surface area contributed by atoms with Gasteiger partial charge in [-0.2, -0.15) is 0 Å². The van der Waals surface area contributed by atoms with Crippen LogP contribution >= 0.6 is 0 Å². The molecule has 0 aliphatic heterocycles. The van der Waals surface area contributed by atoms with Crippen LogP contribution in [0.5, 0.6) is 0 Å². The van der Waals surface area contributed by atoms with E-state index in [2.05, 4.69) is 5.32 Å². The maximum atomic E-state index is 13.9. The van der Waals surface area contributed by atoms with Crippen molar-refractivity contribution in [1.29, 1.82) is 0 Å². The van der Waals surface area contributed by atoms with Gasteiger partial charge in [0.2, 0.25) is 11.8 Å². The summed E-state index contributed by atoms with van der Waals surface area (Å²) in [4.78, 5) is 38.9. The highest BCUT2D eigenvalue weighted by Gasteiger charge is 2.33. The Morgan fingerprint density at radius 1 is 0.923 bits per heavy atom. The molecule has 10 nitrogen and oxygen atoms in total. The molecule has 0 fully saturated rings. The Balaban J connectivity index is 2.04. The van der Waals surface area contributed by atoms with Crippen LogP contribution in [0.1, 0.15) is 32.3 Å². The number of benzene rings is 3. The lowest BCUT2D eigenvalue weighted by atomic mass is 10.1. The Morgan fingerprint density at radius 3 is 2.05 bits per heavy atom. The fourth-order valence-electron chi connectivity index (χ4n) is 4.05. The number of nitrogens with zero attached hydrogens (tertiary/aromatic N) is 3. The number of hydrogen-bond acceptors (Lipinski definition) is 6. The van der Waals surface area contributed by atoms with Crippen molar-refractivity contribution in [1.82, 2.24) is 10.2 Å². The van der Waals surface area contributed by atoms with Crippen molar-refractivity contribution < 1.29 is 22.9 Å². The summed E-state index contributed by atoms with van der Waals surface area (Å²) in [6.07, 6.45) is 1.04. The van der Waals surface area contributed by atoms with Crippen molar-refractivity contribution in [3.05, 3.63) is 101 Å². The van der Waals surface area contributed by atoms with Crippen LogP contribution in [0.2, 0.25) is 0 Å². The molecule has 0 spiro atoms. The Morgan fingerprint density at radius 2 is 1.51 bits per heavy atom. The smallest absolute Gasteiger partial charge is 0.269 e. The Bertz CT molecular complexity index is 1370. The van der Waals surface area contributed by atoms with Gasteiger partial charge in [0.25, 0.3) is 15.7 Å². The average molecular weight is 553 g/mol. The van der Waals surface area contributed by atoms with Gasteiger partial charge in [-0.25, -0.2) is 8.42 Å². The summed E-state index contributed by atoms with van der Waals surface area (Å²) in [5.41, 5.74) is 0.646. The zero-order chi connectivity index (χ0) is 28.4. The molecule has 1 N–H and O–H groups in total. The van der Waals surface area contributed by atoms with E-state index >= 15 is 0 Å². The maximum Gasteiger partial charge on any atom is 0.269 e. The number of non-ortho nitro benzene ring substituents is 1. The first-order valence-electron chi connectivity index (χ1n) is 12.6. The molecule has 11 heteroatoms. The van der Waals surface area contributed by atoms with Gasteiger partial charge in [-0.05, 0) is 42.7 Å². The van der Waals surface area contributed by atoms with E-state index in [0.29, 0.717) is 13.0 Å². The fraction of sp³-hybridized carbons (Fsp3) is 0.286. The number of carbonyl (C=O) groups excluding carboxylic acids is 2. The van der Waals surface area contributed by atoms with Crippen LogP contribution in [-0.4, -0.2) is 49.2 Å². The first-order chi connectivity index (χ1) is 18.7. The van der Waals surface area contributed by atoms with Gasteiger partial charge >= 0.3 is 0 Å². The summed E-state index contributed by atoms with van der Waals surface area (Å²) in [6, 6.07) is 20.9. The van der Waals surface area contributed by atoms with Crippen molar-refractivity contribution in [3.8, 4) is 0 Å². The minimum Gasteiger partial charge on any atom is -0.354 e. The molecule has 1 atom stereocenters. The first-order valence-corrected chi connectivity index (χ1v) is 14.1. The minimum atomic E-state index is -4.24. The molecular formula is C28H32N4O6S. The van der Waals surface area contributed by atoms with Crippen LogP contribution in [0, 0.1) is 10.1 Å². The predicted molar refractivity (Wildman–Crippen MR) is 148 cm³/mol. The zero-order valence-corrected chi connectivity index (χ0v) is 22.7. The Labute approximate surface area is 228 Å². The number of anilines is 1. The van der Waals surface area contributed by atoms with Crippen molar-refractivity contribution in [3.63, 3.8) is 0 Å². The first kappa shape index (κ1) is 29.3. The predicted octanol–water partition coefficient (Wildman–Crippen LogP) is 4.12. The number of nitro groups is 1. The van der Waals surface area contributed by atoms with Gasteiger partial charge in [0, 0.05) is 25.2 Å². The molecule has 0 aliphatic carbocycles. The van der Waals surface area contributed by atoms with Crippen LogP contribution in [0.4, 0.5) is 11.4 Å². The van der Waals surface area contributed by atoms with Gasteiger partial charge in [0.05, 0.1) is 15.5 Å². The lowest BCUT2D eigenvalue weighted by Crippen LogP contribution is -2.52. The normalized spacial score (nSPS) is 11.8. The van der Waals surface area contributed by atoms with Crippen LogP contribution in [0.25, 0.3) is 0 Å². The van der Waals surface area contributed by atoms with Gasteiger partial charge in [-0.15, -0.1) is 0 Å². The monoisotopic (exact) mass is 552 g/mol. The van der Waals surface area contributed by atoms with Gasteiger partial charge in [-0.1, -0.05) is 62.4 Å². The van der Waals surface area contributed by atoms with E-state index < -0.39 is 33.4 Å². The molecule has 0 unspecified atom stereocenters. The second kappa shape index (κ2) is 13.5. The molecule has 0 saturated carbocycles. The molecule has 0 bridgehead atoms. The number of carbonyl (C=O) groups is 2. The van der Waals surface area contributed by atoms with Crippen molar-refractivity contribution in [2.75, 3.05) is 17.4 Å². The lowest BCUT2D eigenvalue weighted by Gasteiger charge is -2.33. The van der Waals surface area contributed by atoms with Crippen LogP contribution in [0.15, 0.2) is 89.8 Å². The van der Waals surface area contributed by atoms with E-state index in [1.54, 1.807) is 25.1 Å². The van der Waals surface area contributed by atoms with E-state index in [4.69, 9.17) is 0 Å². The molecule has 39 heavy (non-hydrogen) atoms. The molecule has 0 aromatic heterocycles. The summed E-state index contributed by atoms with van der Waals surface area (Å²) in [5.74, 6) is -0.911. The van der Waals surface area contributed by atoms with Crippen LogP contribution in [0.3, 0.4) is 0 Å². The Kier molecular flexibility index (Phi) is 10.2. The van der Waals surface area contributed by atoms with Gasteiger partial charge in [0.15, 0.2) is 0 Å². The molecule has 206 valence electrons. The fourth-order valence-corrected chi connectivity index (χ4v) is 5.49. The van der Waals surface area contributed by atoms with Crippen molar-refractivity contribution >= 4 is 33.2 Å². The number of amides is 2. The van der Waals surface area contributed by atoms with Gasteiger partial charge < -0.3 is 10.2 Å². The number of rotatable bonds is 13. The molecule has 0 aliphatic rings. The summed E-state index contributed by atoms with van der Waals surface area (Å²) in [5, 5.41) is 14.0. The quantitative estimate of drug-likeness (QED) is 0.251. The molecular weight excluding hydrogens is 520 g/mol. The molecule has 0 radical (unpaired) electrons. The zero-order valence-electron chi connectivity index (χ0n) is 21.9. The highest BCUT2D eigenvalue weighted by molar-refractivity contribution is 7.92. The summed E-state index contributed by atoms with van der Waals surface area (Å²) >= 11 is 0. The molecule has 0 heterocycles. The summed E-state index contributed by atoms with van der Waals surface area (Å²) in [7, 11) is -4.24. The van der Waals surface area contributed by atoms with Gasteiger partial charge in [0.1, 0.15) is 12.6 Å². The third-order valence-corrected chi connectivity index (χ3v) is 7.88. The van der Waals surface area contributed by atoms with Crippen molar-refractivity contribution in [2.24, 2.45) is 0 Å². The number of hydrogen-bond donors (Lipinski definition) is 1. The molecule has 3 rings (SSSR count).